The number of urea groups is 1. The summed E-state index contributed by atoms with van der Waals surface area (Å²) in [6.07, 6.45) is 1.49. The molecular formula is C14H14N4O3. The number of carbonyl (C=O) groups excluding carboxylic acids is 2. The van der Waals surface area contributed by atoms with Crippen molar-refractivity contribution in [3.63, 3.8) is 0 Å². The number of hydrogen-bond acceptors (Lipinski definition) is 4. The van der Waals surface area contributed by atoms with Crippen LogP contribution in [0, 0.1) is 6.92 Å². The van der Waals surface area contributed by atoms with E-state index in [1.165, 1.54) is 6.20 Å². The van der Waals surface area contributed by atoms with E-state index in [0.29, 0.717) is 24.3 Å². The molecule has 0 spiro atoms. The van der Waals surface area contributed by atoms with Crippen LogP contribution in [0.25, 0.3) is 0 Å². The normalized spacial score (nSPS) is 14.1. The van der Waals surface area contributed by atoms with Gasteiger partial charge in [-0.2, -0.15) is 0 Å². The maximum atomic E-state index is 12.0. The third-order valence-electron chi connectivity index (χ3n) is 3.25. The molecule has 0 saturated carbocycles. The summed E-state index contributed by atoms with van der Waals surface area (Å²) in [6, 6.07) is 6.94. The number of anilines is 2. The third kappa shape index (κ3) is 2.58. The molecule has 1 aliphatic rings. The molecule has 3 amide bonds. The number of nitrogens with one attached hydrogen (secondary N) is 2. The molecule has 1 fully saturated rings. The minimum absolute atomic E-state index is 0.107. The number of aryl methyl sites for hydroxylation is 1. The van der Waals surface area contributed by atoms with E-state index < -0.39 is 0 Å². The summed E-state index contributed by atoms with van der Waals surface area (Å²) in [5.74, 6) is -0.158. The molecule has 0 radical (unpaired) electrons. The highest BCUT2D eigenvalue weighted by atomic mass is 16.5. The first-order valence-corrected chi connectivity index (χ1v) is 6.53. The van der Waals surface area contributed by atoms with Crippen LogP contribution in [0.1, 0.15) is 16.1 Å². The van der Waals surface area contributed by atoms with Crippen molar-refractivity contribution in [3.05, 3.63) is 41.8 Å². The van der Waals surface area contributed by atoms with Crippen LogP contribution in [-0.4, -0.2) is 30.2 Å². The zero-order valence-electron chi connectivity index (χ0n) is 11.4. The van der Waals surface area contributed by atoms with Gasteiger partial charge in [-0.25, -0.2) is 4.79 Å². The molecule has 1 saturated heterocycles. The lowest BCUT2D eigenvalue weighted by molar-refractivity contribution is 0.0987. The van der Waals surface area contributed by atoms with Gasteiger partial charge >= 0.3 is 6.03 Å². The van der Waals surface area contributed by atoms with Crippen LogP contribution in [0.5, 0.6) is 0 Å². The summed E-state index contributed by atoms with van der Waals surface area (Å²) < 4.78 is 4.89. The highest BCUT2D eigenvalue weighted by Gasteiger charge is 2.21. The lowest BCUT2D eigenvalue weighted by Crippen LogP contribution is -2.27. The predicted molar refractivity (Wildman–Crippen MR) is 76.4 cm³/mol. The maximum absolute atomic E-state index is 12.0. The number of nitrogens with zero attached hydrogens (tertiary/aromatic N) is 2. The molecule has 1 aromatic heterocycles. The Balaban J connectivity index is 1.71. The average molecular weight is 286 g/mol. The molecular weight excluding hydrogens is 272 g/mol. The molecule has 0 aliphatic carbocycles. The average Bonchev–Trinajstić information content (AvgIpc) is 3.08. The van der Waals surface area contributed by atoms with Crippen LogP contribution < -0.4 is 15.5 Å². The number of aromatic nitrogens is 1. The standard InChI is InChI=1S/C14H14N4O3/c1-9-8-16-21-12(9)13(19)17-10-2-4-11(5-3-10)18-7-6-15-14(18)20/h2-5,8H,6-7H2,1H3,(H,15,20)(H,17,19). The fraction of sp³-hybridized carbons (Fsp3) is 0.214. The monoisotopic (exact) mass is 286 g/mol. The zero-order valence-corrected chi connectivity index (χ0v) is 11.4. The van der Waals surface area contributed by atoms with E-state index in [9.17, 15) is 9.59 Å². The third-order valence-corrected chi connectivity index (χ3v) is 3.25. The van der Waals surface area contributed by atoms with Gasteiger partial charge in [0, 0.05) is 30.0 Å². The van der Waals surface area contributed by atoms with Gasteiger partial charge in [0.05, 0.1) is 6.20 Å². The second-order valence-electron chi connectivity index (χ2n) is 4.72. The van der Waals surface area contributed by atoms with Crippen molar-refractivity contribution in [3.8, 4) is 0 Å². The summed E-state index contributed by atoms with van der Waals surface area (Å²) in [5, 5.41) is 9.03. The van der Waals surface area contributed by atoms with Gasteiger partial charge in [0.2, 0.25) is 5.76 Å². The van der Waals surface area contributed by atoms with Crippen molar-refractivity contribution in [1.82, 2.24) is 10.5 Å². The van der Waals surface area contributed by atoms with E-state index in [2.05, 4.69) is 15.8 Å². The van der Waals surface area contributed by atoms with Gasteiger partial charge in [-0.15, -0.1) is 0 Å². The van der Waals surface area contributed by atoms with Gasteiger partial charge in [-0.1, -0.05) is 5.16 Å². The second kappa shape index (κ2) is 5.28. The largest absolute Gasteiger partial charge is 0.351 e. The van der Waals surface area contributed by atoms with Gasteiger partial charge in [0.15, 0.2) is 0 Å². The summed E-state index contributed by atoms with van der Waals surface area (Å²) >= 11 is 0. The van der Waals surface area contributed by atoms with E-state index in [0.717, 1.165) is 5.69 Å². The van der Waals surface area contributed by atoms with Gasteiger partial charge in [0.25, 0.3) is 5.91 Å². The van der Waals surface area contributed by atoms with E-state index in [1.54, 1.807) is 36.1 Å². The number of rotatable bonds is 3. The Hall–Kier alpha value is -2.83. The summed E-state index contributed by atoms with van der Waals surface area (Å²) in [7, 11) is 0. The molecule has 7 heteroatoms. The van der Waals surface area contributed by atoms with Gasteiger partial charge in [0.1, 0.15) is 0 Å². The number of benzene rings is 1. The minimum atomic E-state index is -0.350. The smallest absolute Gasteiger partial charge is 0.321 e. The summed E-state index contributed by atoms with van der Waals surface area (Å²) in [6.45, 7) is 3.03. The minimum Gasteiger partial charge on any atom is -0.351 e. The number of amides is 3. The molecule has 1 aliphatic heterocycles. The number of carbonyl (C=O) groups is 2. The van der Waals surface area contributed by atoms with E-state index >= 15 is 0 Å². The molecule has 3 rings (SSSR count). The van der Waals surface area contributed by atoms with Crippen molar-refractivity contribution in [2.24, 2.45) is 0 Å². The Morgan fingerprint density at radius 1 is 1.38 bits per heavy atom. The topological polar surface area (TPSA) is 87.5 Å². The van der Waals surface area contributed by atoms with Gasteiger partial charge < -0.3 is 15.2 Å². The van der Waals surface area contributed by atoms with E-state index in [-0.39, 0.29) is 17.7 Å². The molecule has 108 valence electrons. The highest BCUT2D eigenvalue weighted by molar-refractivity contribution is 6.03. The Morgan fingerprint density at radius 3 is 2.71 bits per heavy atom. The quantitative estimate of drug-likeness (QED) is 0.900. The molecule has 7 nitrogen and oxygen atoms in total. The lowest BCUT2D eigenvalue weighted by Gasteiger charge is -2.14. The van der Waals surface area contributed by atoms with Gasteiger partial charge in [-0.05, 0) is 31.2 Å². The SMILES string of the molecule is Cc1cnoc1C(=O)Nc1ccc(N2CCNC2=O)cc1. The molecule has 2 heterocycles. The van der Waals surface area contributed by atoms with Crippen LogP contribution >= 0.6 is 0 Å². The summed E-state index contributed by atoms with van der Waals surface area (Å²) in [4.78, 5) is 25.2. The van der Waals surface area contributed by atoms with E-state index in [4.69, 9.17) is 4.52 Å². The summed E-state index contributed by atoms with van der Waals surface area (Å²) in [5.41, 5.74) is 2.09. The first-order valence-electron chi connectivity index (χ1n) is 6.53. The Labute approximate surface area is 120 Å². The fourth-order valence-corrected chi connectivity index (χ4v) is 2.14. The highest BCUT2D eigenvalue weighted by Crippen LogP contribution is 2.20. The molecule has 0 unspecified atom stereocenters. The van der Waals surface area contributed by atoms with Crippen molar-refractivity contribution >= 4 is 23.3 Å². The van der Waals surface area contributed by atoms with Crippen LogP contribution in [0.4, 0.5) is 16.2 Å². The van der Waals surface area contributed by atoms with Crippen LogP contribution in [0.15, 0.2) is 35.0 Å². The first-order chi connectivity index (χ1) is 10.1. The van der Waals surface area contributed by atoms with Crippen molar-refractivity contribution in [2.75, 3.05) is 23.3 Å². The number of hydrogen-bond donors (Lipinski definition) is 2. The van der Waals surface area contributed by atoms with E-state index in [1.807, 2.05) is 0 Å². The molecule has 0 atom stereocenters. The lowest BCUT2D eigenvalue weighted by atomic mass is 10.2. The van der Waals surface area contributed by atoms with Crippen LogP contribution in [0.3, 0.4) is 0 Å². The molecule has 0 bridgehead atoms. The first kappa shape index (κ1) is 13.2. The maximum Gasteiger partial charge on any atom is 0.321 e. The Morgan fingerprint density at radius 2 is 2.14 bits per heavy atom. The van der Waals surface area contributed by atoms with Crippen LogP contribution in [-0.2, 0) is 0 Å². The molecule has 1 aromatic carbocycles. The zero-order chi connectivity index (χ0) is 14.8. The van der Waals surface area contributed by atoms with Crippen molar-refractivity contribution in [2.45, 2.75) is 6.92 Å². The fourth-order valence-electron chi connectivity index (χ4n) is 2.14. The predicted octanol–water partition coefficient (Wildman–Crippen LogP) is 1.76. The van der Waals surface area contributed by atoms with Crippen LogP contribution in [0.2, 0.25) is 0 Å². The molecule has 2 N–H and O–H groups in total. The molecule has 2 aromatic rings. The Kier molecular flexibility index (Phi) is 3.31. The van der Waals surface area contributed by atoms with Crippen molar-refractivity contribution in [1.29, 1.82) is 0 Å². The Bertz CT molecular complexity index is 678. The second-order valence-corrected chi connectivity index (χ2v) is 4.72. The molecule has 21 heavy (non-hydrogen) atoms. The van der Waals surface area contributed by atoms with Crippen molar-refractivity contribution < 1.29 is 14.1 Å². The van der Waals surface area contributed by atoms with Gasteiger partial charge in [-0.3, -0.25) is 9.69 Å².